The molecule has 2 aromatic carbocycles. The van der Waals surface area contributed by atoms with Crippen molar-refractivity contribution in [2.24, 2.45) is 0 Å². The molecule has 35 heavy (non-hydrogen) atoms. The molecule has 7 nitrogen and oxygen atoms in total. The fourth-order valence-electron chi connectivity index (χ4n) is 4.41. The number of rotatable bonds is 5. The predicted octanol–water partition coefficient (Wildman–Crippen LogP) is 6.39. The lowest BCUT2D eigenvalue weighted by Crippen LogP contribution is -2.17. The van der Waals surface area contributed by atoms with Crippen LogP contribution in [0, 0.1) is 0 Å². The number of nitrogens with one attached hydrogen (secondary N) is 2. The average molecular weight is 484 g/mol. The molecule has 1 aliphatic heterocycles. The Morgan fingerprint density at radius 1 is 1.03 bits per heavy atom. The van der Waals surface area contributed by atoms with E-state index in [1.807, 2.05) is 12.3 Å². The van der Waals surface area contributed by atoms with Gasteiger partial charge in [0.05, 0.1) is 16.8 Å². The topological polar surface area (TPSA) is 87.0 Å². The number of H-pyrrole nitrogens is 1. The van der Waals surface area contributed by atoms with Crippen molar-refractivity contribution in [1.82, 2.24) is 15.0 Å². The number of benzene rings is 2. The monoisotopic (exact) mass is 483 g/mol. The number of hydrogen-bond acceptors (Lipinski definition) is 5. The number of pyridine rings is 1. The molecule has 4 heterocycles. The van der Waals surface area contributed by atoms with Crippen molar-refractivity contribution in [3.8, 4) is 22.5 Å². The molecule has 0 radical (unpaired) electrons. The van der Waals surface area contributed by atoms with Crippen molar-refractivity contribution in [3.63, 3.8) is 0 Å². The van der Waals surface area contributed by atoms with E-state index in [2.05, 4.69) is 49.4 Å². The number of imidazole rings is 1. The summed E-state index contributed by atoms with van der Waals surface area (Å²) < 4.78 is 5.16. The number of amides is 1. The van der Waals surface area contributed by atoms with Crippen LogP contribution in [0.3, 0.4) is 0 Å². The van der Waals surface area contributed by atoms with Crippen LogP contribution in [0.15, 0.2) is 77.5 Å². The number of anilines is 2. The van der Waals surface area contributed by atoms with E-state index in [-0.39, 0.29) is 11.7 Å². The zero-order chi connectivity index (χ0) is 23.8. The second kappa shape index (κ2) is 8.92. The molecule has 5 aromatic rings. The van der Waals surface area contributed by atoms with Gasteiger partial charge in [-0.3, -0.25) is 4.79 Å². The Hall–Kier alpha value is -4.10. The van der Waals surface area contributed by atoms with Gasteiger partial charge >= 0.3 is 0 Å². The Morgan fingerprint density at radius 3 is 2.63 bits per heavy atom. The highest BCUT2D eigenvalue weighted by Gasteiger charge is 2.15. The van der Waals surface area contributed by atoms with Gasteiger partial charge in [-0.1, -0.05) is 23.7 Å². The van der Waals surface area contributed by atoms with E-state index in [0.717, 1.165) is 29.7 Å². The maximum Gasteiger partial charge on any atom is 0.291 e. The van der Waals surface area contributed by atoms with Crippen LogP contribution in [-0.4, -0.2) is 33.9 Å². The van der Waals surface area contributed by atoms with E-state index >= 15 is 0 Å². The Morgan fingerprint density at radius 2 is 1.86 bits per heavy atom. The van der Waals surface area contributed by atoms with Gasteiger partial charge in [-0.2, -0.15) is 0 Å². The van der Waals surface area contributed by atoms with Gasteiger partial charge in [0.15, 0.2) is 11.4 Å². The molecule has 2 N–H and O–H groups in total. The van der Waals surface area contributed by atoms with Crippen LogP contribution in [0.25, 0.3) is 33.7 Å². The fourth-order valence-corrected chi connectivity index (χ4v) is 4.62. The highest BCUT2D eigenvalue weighted by Crippen LogP contribution is 2.32. The standard InChI is InChI=1S/C27H22ClN5O2/c28-22-10-7-19(30-27(34)24-4-3-13-35-24)15-21(22)25-31-23-14-18(16-29-26(23)32-25)17-5-8-20(9-6-17)33-11-1-2-12-33/h3-10,13-16H,1-2,11-12H2,(H,30,34)(H,29,31,32). The number of fused-ring (bicyclic) bond motifs is 1. The van der Waals surface area contributed by atoms with Crippen LogP contribution in [0.5, 0.6) is 0 Å². The highest BCUT2D eigenvalue weighted by molar-refractivity contribution is 6.33. The minimum Gasteiger partial charge on any atom is -0.459 e. The summed E-state index contributed by atoms with van der Waals surface area (Å²) >= 11 is 6.47. The quantitative estimate of drug-likeness (QED) is 0.302. The summed E-state index contributed by atoms with van der Waals surface area (Å²) in [6.07, 6.45) is 5.81. The smallest absolute Gasteiger partial charge is 0.291 e. The highest BCUT2D eigenvalue weighted by atomic mass is 35.5. The molecule has 1 aliphatic rings. The third-order valence-corrected chi connectivity index (χ3v) is 6.56. The molecule has 0 aliphatic carbocycles. The zero-order valence-corrected chi connectivity index (χ0v) is 19.5. The summed E-state index contributed by atoms with van der Waals surface area (Å²) in [7, 11) is 0. The molecule has 0 atom stereocenters. The Balaban J connectivity index is 1.28. The zero-order valence-electron chi connectivity index (χ0n) is 18.8. The molecule has 1 amide bonds. The number of aromatic nitrogens is 3. The van der Waals surface area contributed by atoms with Gasteiger partial charge < -0.3 is 19.6 Å². The van der Waals surface area contributed by atoms with E-state index in [4.69, 9.17) is 16.0 Å². The molecule has 6 rings (SSSR count). The SMILES string of the molecule is O=C(Nc1ccc(Cl)c(-c2nc3ncc(-c4ccc(N5CCCC5)cc4)cc3[nH]2)c1)c1ccco1. The molecular formula is C27H22ClN5O2. The molecule has 0 spiro atoms. The van der Waals surface area contributed by atoms with Gasteiger partial charge in [0.1, 0.15) is 5.82 Å². The largest absolute Gasteiger partial charge is 0.459 e. The lowest BCUT2D eigenvalue weighted by atomic mass is 10.1. The molecule has 0 saturated carbocycles. The lowest BCUT2D eigenvalue weighted by molar-refractivity contribution is 0.0996. The van der Waals surface area contributed by atoms with Gasteiger partial charge in [0.2, 0.25) is 0 Å². The number of aromatic amines is 1. The van der Waals surface area contributed by atoms with E-state index in [0.29, 0.717) is 27.7 Å². The molecule has 1 saturated heterocycles. The summed E-state index contributed by atoms with van der Waals surface area (Å²) in [6, 6.07) is 19.2. The lowest BCUT2D eigenvalue weighted by Gasteiger charge is -2.17. The Kier molecular flexibility index (Phi) is 5.47. The van der Waals surface area contributed by atoms with Crippen LogP contribution >= 0.6 is 11.6 Å². The number of halogens is 1. The van der Waals surface area contributed by atoms with Crippen molar-refractivity contribution < 1.29 is 9.21 Å². The maximum atomic E-state index is 12.3. The third kappa shape index (κ3) is 4.26. The summed E-state index contributed by atoms with van der Waals surface area (Å²) in [5.41, 5.74) is 6.01. The van der Waals surface area contributed by atoms with Crippen molar-refractivity contribution in [3.05, 3.63) is 83.9 Å². The second-order valence-electron chi connectivity index (χ2n) is 8.55. The van der Waals surface area contributed by atoms with Gasteiger partial charge in [-0.15, -0.1) is 0 Å². The maximum absolute atomic E-state index is 12.3. The van der Waals surface area contributed by atoms with E-state index in [1.165, 1.54) is 24.8 Å². The Labute approximate surface area is 206 Å². The van der Waals surface area contributed by atoms with Crippen LogP contribution < -0.4 is 10.2 Å². The van der Waals surface area contributed by atoms with Crippen molar-refractivity contribution >= 4 is 40.0 Å². The first-order valence-electron chi connectivity index (χ1n) is 11.5. The van der Waals surface area contributed by atoms with Gasteiger partial charge in [0, 0.05) is 41.8 Å². The van der Waals surface area contributed by atoms with E-state index in [1.54, 1.807) is 30.3 Å². The van der Waals surface area contributed by atoms with Gasteiger partial charge in [0.25, 0.3) is 5.91 Å². The van der Waals surface area contributed by atoms with Crippen molar-refractivity contribution in [2.45, 2.75) is 12.8 Å². The van der Waals surface area contributed by atoms with E-state index in [9.17, 15) is 4.79 Å². The summed E-state index contributed by atoms with van der Waals surface area (Å²) in [6.45, 7) is 2.25. The molecule has 3 aromatic heterocycles. The molecule has 0 unspecified atom stereocenters. The minimum absolute atomic E-state index is 0.232. The van der Waals surface area contributed by atoms with Crippen LogP contribution in [-0.2, 0) is 0 Å². The van der Waals surface area contributed by atoms with Gasteiger partial charge in [-0.05, 0) is 66.9 Å². The first-order valence-corrected chi connectivity index (χ1v) is 11.9. The second-order valence-corrected chi connectivity index (χ2v) is 8.95. The third-order valence-electron chi connectivity index (χ3n) is 6.23. The number of hydrogen-bond donors (Lipinski definition) is 2. The predicted molar refractivity (Wildman–Crippen MR) is 138 cm³/mol. The number of carbonyl (C=O) groups excluding carboxylic acids is 1. The molecule has 8 heteroatoms. The van der Waals surface area contributed by atoms with Crippen LogP contribution in [0.2, 0.25) is 5.02 Å². The van der Waals surface area contributed by atoms with Crippen molar-refractivity contribution in [2.75, 3.05) is 23.3 Å². The average Bonchev–Trinajstić information content (AvgIpc) is 3.67. The fraction of sp³-hybridized carbons (Fsp3) is 0.148. The minimum atomic E-state index is -0.338. The molecule has 174 valence electrons. The van der Waals surface area contributed by atoms with Gasteiger partial charge in [-0.25, -0.2) is 9.97 Å². The molecule has 0 bridgehead atoms. The summed E-state index contributed by atoms with van der Waals surface area (Å²) in [5, 5.41) is 3.33. The molecule has 1 fully saturated rings. The number of nitrogens with zero attached hydrogens (tertiary/aromatic N) is 3. The summed E-state index contributed by atoms with van der Waals surface area (Å²) in [4.78, 5) is 27.3. The van der Waals surface area contributed by atoms with E-state index < -0.39 is 0 Å². The molecular weight excluding hydrogens is 462 g/mol. The number of carbonyl (C=O) groups is 1. The normalized spacial score (nSPS) is 13.5. The van der Waals surface area contributed by atoms with Crippen molar-refractivity contribution in [1.29, 1.82) is 0 Å². The first-order chi connectivity index (χ1) is 17.1. The first kappa shape index (κ1) is 21.4. The summed E-state index contributed by atoms with van der Waals surface area (Å²) in [5.74, 6) is 0.471. The number of furan rings is 1. The van der Waals surface area contributed by atoms with Crippen LogP contribution in [0.1, 0.15) is 23.4 Å². The Bertz CT molecular complexity index is 1500. The van der Waals surface area contributed by atoms with Crippen LogP contribution in [0.4, 0.5) is 11.4 Å².